The third kappa shape index (κ3) is 4.19. The Morgan fingerprint density at radius 1 is 0.968 bits per heavy atom. The number of aromatic nitrogens is 4. The van der Waals surface area contributed by atoms with E-state index in [2.05, 4.69) is 74.3 Å². The highest BCUT2D eigenvalue weighted by Crippen LogP contribution is 2.24. The highest BCUT2D eigenvalue weighted by Gasteiger charge is 2.20. The summed E-state index contributed by atoms with van der Waals surface area (Å²) in [4.78, 5) is 14.0. The molecule has 1 atom stereocenters. The van der Waals surface area contributed by atoms with Gasteiger partial charge in [0.05, 0.1) is 6.20 Å². The number of hydrogen-bond acceptors (Lipinski definition) is 6. The summed E-state index contributed by atoms with van der Waals surface area (Å²) < 4.78 is 1.92. The topological polar surface area (TPSA) is 61.6 Å². The largest absolute Gasteiger partial charge is 0.368 e. The number of nitrogens with one attached hydrogen (secondary N) is 1. The van der Waals surface area contributed by atoms with Crippen LogP contribution in [0.4, 0.5) is 17.3 Å². The third-order valence-electron chi connectivity index (χ3n) is 5.65. The summed E-state index contributed by atoms with van der Waals surface area (Å²) in [7, 11) is 0.652. The van der Waals surface area contributed by atoms with E-state index in [0.29, 0.717) is 15.1 Å². The molecule has 3 aromatic heterocycles. The van der Waals surface area contributed by atoms with Crippen LogP contribution >= 0.6 is 8.58 Å². The van der Waals surface area contributed by atoms with Crippen LogP contribution in [0.3, 0.4) is 0 Å². The minimum atomic E-state index is 0.652. The number of fused-ring (bicyclic) bond motifs is 1. The van der Waals surface area contributed by atoms with Gasteiger partial charge in [-0.05, 0) is 30.4 Å². The molecule has 4 aromatic rings. The molecule has 1 fully saturated rings. The maximum absolute atomic E-state index is 5.01. The van der Waals surface area contributed by atoms with Crippen LogP contribution in [0.25, 0.3) is 5.65 Å². The van der Waals surface area contributed by atoms with Crippen LogP contribution in [-0.2, 0) is 6.54 Å². The fourth-order valence-corrected chi connectivity index (χ4v) is 4.51. The van der Waals surface area contributed by atoms with E-state index in [9.17, 15) is 0 Å². The van der Waals surface area contributed by atoms with Gasteiger partial charge in [-0.1, -0.05) is 32.8 Å². The first kappa shape index (κ1) is 19.8. The van der Waals surface area contributed by atoms with Gasteiger partial charge in [-0.3, -0.25) is 4.98 Å². The fraction of sp³-hybridized carbons (Fsp3) is 0.261. The van der Waals surface area contributed by atoms with E-state index in [0.717, 1.165) is 49.0 Å². The molecule has 7 nitrogen and oxygen atoms in total. The van der Waals surface area contributed by atoms with E-state index in [1.165, 1.54) is 11.0 Å². The molecule has 0 spiro atoms. The predicted molar refractivity (Wildman–Crippen MR) is 129 cm³/mol. The van der Waals surface area contributed by atoms with Gasteiger partial charge in [0.25, 0.3) is 0 Å². The van der Waals surface area contributed by atoms with E-state index in [4.69, 9.17) is 4.98 Å². The molecule has 1 aliphatic rings. The average molecular weight is 431 g/mol. The number of nitrogens with zero attached hydrogens (tertiary/aromatic N) is 6. The second-order valence-corrected chi connectivity index (χ2v) is 8.61. The van der Waals surface area contributed by atoms with Crippen molar-refractivity contribution in [3.8, 4) is 0 Å². The van der Waals surface area contributed by atoms with Crippen molar-refractivity contribution in [2.75, 3.05) is 48.0 Å². The summed E-state index contributed by atoms with van der Waals surface area (Å²) in [5.41, 5.74) is 3.36. The standard InChI is InChI=1S/C23H26N7P/c1-31-20-17-26-30-21(25-16-18-6-5-9-24-15-18)14-22(27-23(20)30)29-12-10-28(11-13-29)19-7-3-2-4-8-19/h2-9,14-15,17,25,31H,10-13,16H2,1H3. The smallest absolute Gasteiger partial charge is 0.167 e. The number of para-hydroxylation sites is 1. The molecule has 0 radical (unpaired) electrons. The third-order valence-corrected chi connectivity index (χ3v) is 6.54. The normalized spacial score (nSPS) is 14.6. The molecule has 0 amide bonds. The Balaban J connectivity index is 1.39. The van der Waals surface area contributed by atoms with Gasteiger partial charge >= 0.3 is 0 Å². The SMILES string of the molecule is CPc1cnn2c(NCc3cccnc3)cc(N3CCN(c4ccccc4)CC3)nc12. The van der Waals surface area contributed by atoms with Crippen molar-refractivity contribution in [1.82, 2.24) is 19.6 Å². The van der Waals surface area contributed by atoms with Crippen molar-refractivity contribution in [3.63, 3.8) is 0 Å². The van der Waals surface area contributed by atoms with Crippen LogP contribution in [0.5, 0.6) is 0 Å². The molecule has 158 valence electrons. The summed E-state index contributed by atoms with van der Waals surface area (Å²) in [5, 5.41) is 9.33. The maximum Gasteiger partial charge on any atom is 0.167 e. The summed E-state index contributed by atoms with van der Waals surface area (Å²) in [6.07, 6.45) is 5.62. The van der Waals surface area contributed by atoms with Gasteiger partial charge < -0.3 is 15.1 Å². The lowest BCUT2D eigenvalue weighted by atomic mass is 10.2. The monoisotopic (exact) mass is 431 g/mol. The summed E-state index contributed by atoms with van der Waals surface area (Å²) in [5.74, 6) is 1.97. The minimum absolute atomic E-state index is 0.652. The van der Waals surface area contributed by atoms with Crippen LogP contribution < -0.4 is 20.4 Å². The molecule has 1 saturated heterocycles. The quantitative estimate of drug-likeness (QED) is 0.474. The molecule has 1 aromatic carbocycles. The first-order chi connectivity index (χ1) is 15.3. The van der Waals surface area contributed by atoms with Crippen LogP contribution in [0, 0.1) is 0 Å². The summed E-state index contributed by atoms with van der Waals surface area (Å²) >= 11 is 0. The molecule has 0 bridgehead atoms. The van der Waals surface area contributed by atoms with Crippen LogP contribution in [0.2, 0.25) is 0 Å². The average Bonchev–Trinajstić information content (AvgIpc) is 3.27. The number of piperazine rings is 1. The summed E-state index contributed by atoms with van der Waals surface area (Å²) in [6, 6.07) is 16.8. The van der Waals surface area contributed by atoms with Gasteiger partial charge in [-0.15, -0.1) is 0 Å². The van der Waals surface area contributed by atoms with Gasteiger partial charge in [-0.25, -0.2) is 4.98 Å². The Morgan fingerprint density at radius 2 is 1.77 bits per heavy atom. The van der Waals surface area contributed by atoms with Gasteiger partial charge in [0.1, 0.15) is 11.6 Å². The second kappa shape index (κ2) is 8.90. The van der Waals surface area contributed by atoms with Crippen molar-refractivity contribution in [3.05, 3.63) is 72.7 Å². The van der Waals surface area contributed by atoms with Gasteiger partial charge in [0, 0.05) is 62.2 Å². The fourth-order valence-electron chi connectivity index (χ4n) is 3.94. The number of anilines is 3. The van der Waals surface area contributed by atoms with E-state index >= 15 is 0 Å². The van der Waals surface area contributed by atoms with Gasteiger partial charge in [0.2, 0.25) is 0 Å². The number of pyridine rings is 1. The Bertz CT molecular complexity index is 1140. The maximum atomic E-state index is 5.01. The Kier molecular flexibility index (Phi) is 5.67. The highest BCUT2D eigenvalue weighted by atomic mass is 31.1. The molecular formula is C23H26N7P. The molecule has 8 heteroatoms. The van der Waals surface area contributed by atoms with Crippen LogP contribution in [0.15, 0.2) is 67.1 Å². The van der Waals surface area contributed by atoms with Crippen molar-refractivity contribution in [2.24, 2.45) is 0 Å². The Hall–Kier alpha value is -3.18. The number of rotatable bonds is 6. The zero-order valence-electron chi connectivity index (χ0n) is 17.6. The van der Waals surface area contributed by atoms with Crippen molar-refractivity contribution in [2.45, 2.75) is 6.54 Å². The second-order valence-electron chi connectivity index (χ2n) is 7.57. The lowest BCUT2D eigenvalue weighted by Crippen LogP contribution is -2.46. The van der Waals surface area contributed by atoms with E-state index in [-0.39, 0.29) is 0 Å². The number of hydrogen-bond donors (Lipinski definition) is 1. The summed E-state index contributed by atoms with van der Waals surface area (Å²) in [6.45, 7) is 6.72. The molecule has 1 N–H and O–H groups in total. The molecule has 5 rings (SSSR count). The lowest BCUT2D eigenvalue weighted by Gasteiger charge is -2.36. The Morgan fingerprint density at radius 3 is 2.52 bits per heavy atom. The van der Waals surface area contributed by atoms with Crippen molar-refractivity contribution < 1.29 is 0 Å². The van der Waals surface area contributed by atoms with E-state index in [1.807, 2.05) is 23.0 Å². The van der Waals surface area contributed by atoms with Crippen molar-refractivity contribution in [1.29, 1.82) is 0 Å². The number of benzene rings is 1. The molecule has 4 heterocycles. The molecular weight excluding hydrogens is 405 g/mol. The first-order valence-electron chi connectivity index (χ1n) is 10.6. The van der Waals surface area contributed by atoms with E-state index in [1.54, 1.807) is 6.20 Å². The zero-order valence-corrected chi connectivity index (χ0v) is 18.6. The van der Waals surface area contributed by atoms with Gasteiger partial charge in [0.15, 0.2) is 5.65 Å². The molecule has 31 heavy (non-hydrogen) atoms. The predicted octanol–water partition coefficient (Wildman–Crippen LogP) is 3.00. The lowest BCUT2D eigenvalue weighted by molar-refractivity contribution is 0.647. The zero-order chi connectivity index (χ0) is 21.0. The molecule has 0 aliphatic carbocycles. The molecule has 0 saturated carbocycles. The highest BCUT2D eigenvalue weighted by molar-refractivity contribution is 7.46. The molecule has 1 aliphatic heterocycles. The minimum Gasteiger partial charge on any atom is -0.368 e. The van der Waals surface area contributed by atoms with Crippen LogP contribution in [-0.4, -0.2) is 52.4 Å². The van der Waals surface area contributed by atoms with Crippen LogP contribution in [0.1, 0.15) is 5.56 Å². The van der Waals surface area contributed by atoms with E-state index < -0.39 is 0 Å². The first-order valence-corrected chi connectivity index (χ1v) is 12.1. The molecule has 1 unspecified atom stereocenters. The Labute approximate surface area is 183 Å². The van der Waals surface area contributed by atoms with Crippen molar-refractivity contribution >= 4 is 36.9 Å². The van der Waals surface area contributed by atoms with Gasteiger partial charge in [-0.2, -0.15) is 9.61 Å².